The van der Waals surface area contributed by atoms with Crippen molar-refractivity contribution < 1.29 is 23.8 Å². The molecule has 0 radical (unpaired) electrons. The fourth-order valence-corrected chi connectivity index (χ4v) is 6.39. The molecule has 2 N–H and O–H groups in total. The summed E-state index contributed by atoms with van der Waals surface area (Å²) in [6.45, 7) is 8.79. The van der Waals surface area contributed by atoms with Crippen LogP contribution in [-0.4, -0.2) is 88.7 Å². The lowest BCUT2D eigenvalue weighted by Crippen LogP contribution is -2.61. The Morgan fingerprint density at radius 1 is 1.17 bits per heavy atom. The van der Waals surface area contributed by atoms with E-state index in [-0.39, 0.29) is 34.7 Å². The Hall–Kier alpha value is -3.47. The van der Waals surface area contributed by atoms with Crippen LogP contribution >= 0.6 is 0 Å². The molecule has 3 fully saturated rings. The molecule has 3 aliphatic rings. The van der Waals surface area contributed by atoms with Crippen molar-refractivity contribution in [3.8, 4) is 11.5 Å². The summed E-state index contributed by atoms with van der Waals surface area (Å²) in [5.74, 6) is 1.23. The lowest BCUT2D eigenvalue weighted by atomic mass is 9.71. The molecule has 1 saturated carbocycles. The molecule has 0 bridgehead atoms. The van der Waals surface area contributed by atoms with Gasteiger partial charge in [0.2, 0.25) is 0 Å². The van der Waals surface area contributed by atoms with Gasteiger partial charge in [0.05, 0.1) is 11.8 Å². The number of amides is 2. The van der Waals surface area contributed by atoms with Crippen LogP contribution in [0.15, 0.2) is 30.7 Å². The predicted octanol–water partition coefficient (Wildman–Crippen LogP) is 4.62. The van der Waals surface area contributed by atoms with E-state index in [2.05, 4.69) is 25.1 Å². The van der Waals surface area contributed by atoms with Crippen LogP contribution in [0.3, 0.4) is 0 Å². The molecule has 2 saturated heterocycles. The third-order valence-corrected chi connectivity index (χ3v) is 9.11. The van der Waals surface area contributed by atoms with Gasteiger partial charge in [0, 0.05) is 44.2 Å². The van der Waals surface area contributed by atoms with Crippen molar-refractivity contribution >= 4 is 17.8 Å². The number of hydrogen-bond acceptors (Lipinski definition) is 7. The molecule has 1 aliphatic carbocycles. The van der Waals surface area contributed by atoms with Gasteiger partial charge >= 0.3 is 6.09 Å². The quantitative estimate of drug-likeness (QED) is 0.475. The highest BCUT2D eigenvalue weighted by atomic mass is 19.1. The first kappa shape index (κ1) is 29.0. The van der Waals surface area contributed by atoms with Gasteiger partial charge in [-0.15, -0.1) is 0 Å². The van der Waals surface area contributed by atoms with Crippen LogP contribution in [0.1, 0.15) is 62.7 Å². The topological polar surface area (TPSA) is 111 Å². The molecule has 11 heteroatoms. The lowest BCUT2D eigenvalue weighted by molar-refractivity contribution is 0.0614. The number of anilines is 1. The second kappa shape index (κ2) is 12.2. The number of ether oxygens (including phenoxy) is 1. The number of hydrogen-bond donors (Lipinski definition) is 2. The van der Waals surface area contributed by atoms with Crippen LogP contribution in [0.2, 0.25) is 0 Å². The van der Waals surface area contributed by atoms with Gasteiger partial charge in [-0.25, -0.2) is 19.2 Å². The number of halogens is 1. The number of likely N-dealkylation sites (tertiary alicyclic amines) is 1. The summed E-state index contributed by atoms with van der Waals surface area (Å²) in [6.07, 6.45) is 8.43. The number of rotatable bonds is 8. The van der Waals surface area contributed by atoms with Gasteiger partial charge < -0.3 is 29.9 Å². The zero-order chi connectivity index (χ0) is 29.1. The van der Waals surface area contributed by atoms with Crippen LogP contribution in [0.5, 0.6) is 11.5 Å². The van der Waals surface area contributed by atoms with E-state index < -0.39 is 11.9 Å². The molecule has 2 aromatic rings. The number of carbonyl (C=O) groups excluding carboxylic acids is 1. The van der Waals surface area contributed by atoms with E-state index in [0.717, 1.165) is 71.2 Å². The normalized spacial score (nSPS) is 22.3. The average Bonchev–Trinajstić information content (AvgIpc) is 2.93. The number of benzene rings is 1. The Morgan fingerprint density at radius 2 is 1.88 bits per heavy atom. The summed E-state index contributed by atoms with van der Waals surface area (Å²) in [6, 6.07) is 4.03. The standard InChI is InChI=1S/C30H41FN6O4/c1-20(2)35(3)28(38)24-14-22(31)6-9-25(24)41-26-15-32-19-33-27(26)37-17-30(18-37)10-12-36(13-11-30)16-21-4-7-23(8-5-21)34-29(39)40/h6,9,14-15,19-21,23,34H,4-5,7-8,10-13,16-18H2,1-3H3,(H,39,40)/t21-,23-. The molecule has 3 heterocycles. The van der Waals surface area contributed by atoms with E-state index in [1.807, 2.05) is 13.8 Å². The minimum Gasteiger partial charge on any atom is -0.465 e. The van der Waals surface area contributed by atoms with Gasteiger partial charge in [0.1, 0.15) is 17.9 Å². The third-order valence-electron chi connectivity index (χ3n) is 9.11. The van der Waals surface area contributed by atoms with Gasteiger partial charge in [0.25, 0.3) is 5.91 Å². The molecular weight excluding hydrogens is 527 g/mol. The maximum absolute atomic E-state index is 14.1. The molecule has 0 atom stereocenters. The molecule has 1 aromatic heterocycles. The maximum Gasteiger partial charge on any atom is 0.404 e. The van der Waals surface area contributed by atoms with E-state index in [0.29, 0.717) is 17.5 Å². The van der Waals surface area contributed by atoms with Gasteiger partial charge in [0.15, 0.2) is 11.6 Å². The Bertz CT molecular complexity index is 1240. The minimum absolute atomic E-state index is 0.0472. The van der Waals surface area contributed by atoms with Crippen molar-refractivity contribution in [3.05, 3.63) is 42.1 Å². The van der Waals surface area contributed by atoms with E-state index >= 15 is 0 Å². The molecule has 222 valence electrons. The third kappa shape index (κ3) is 6.72. The van der Waals surface area contributed by atoms with E-state index in [1.165, 1.54) is 24.5 Å². The number of carbonyl (C=O) groups is 2. The molecule has 10 nitrogen and oxygen atoms in total. The van der Waals surface area contributed by atoms with Gasteiger partial charge in [-0.2, -0.15) is 0 Å². The first-order chi connectivity index (χ1) is 19.6. The van der Waals surface area contributed by atoms with Gasteiger partial charge in [-0.1, -0.05) is 0 Å². The van der Waals surface area contributed by atoms with Crippen LogP contribution < -0.4 is 15.0 Å². The van der Waals surface area contributed by atoms with Crippen LogP contribution in [0, 0.1) is 17.2 Å². The summed E-state index contributed by atoms with van der Waals surface area (Å²) < 4.78 is 20.3. The molecule has 41 heavy (non-hydrogen) atoms. The Kier molecular flexibility index (Phi) is 8.63. The Balaban J connectivity index is 1.17. The Morgan fingerprint density at radius 3 is 2.54 bits per heavy atom. The molecule has 0 unspecified atom stereocenters. The fraction of sp³-hybridized carbons (Fsp3) is 0.600. The van der Waals surface area contributed by atoms with Crippen molar-refractivity contribution in [2.75, 3.05) is 44.7 Å². The Labute approximate surface area is 240 Å². The highest BCUT2D eigenvalue weighted by Gasteiger charge is 2.46. The number of nitrogens with one attached hydrogen (secondary N) is 1. The van der Waals surface area contributed by atoms with Crippen molar-refractivity contribution in [1.82, 2.24) is 25.1 Å². The predicted molar refractivity (Wildman–Crippen MR) is 153 cm³/mol. The second-order valence-electron chi connectivity index (χ2n) is 12.3. The van der Waals surface area contributed by atoms with Gasteiger partial charge in [-0.3, -0.25) is 4.79 Å². The molecular formula is C30H41FN6O4. The number of carboxylic acid groups (broad SMARTS) is 1. The van der Waals surface area contributed by atoms with Crippen molar-refractivity contribution in [2.45, 2.75) is 64.5 Å². The van der Waals surface area contributed by atoms with Crippen molar-refractivity contribution in [1.29, 1.82) is 0 Å². The largest absolute Gasteiger partial charge is 0.465 e. The summed E-state index contributed by atoms with van der Waals surface area (Å²) in [5, 5.41) is 11.6. The molecule has 1 aromatic carbocycles. The second-order valence-corrected chi connectivity index (χ2v) is 12.3. The highest BCUT2D eigenvalue weighted by molar-refractivity contribution is 5.97. The number of aromatic nitrogens is 2. The van der Waals surface area contributed by atoms with Crippen LogP contribution in [0.4, 0.5) is 15.0 Å². The number of nitrogens with zero attached hydrogens (tertiary/aromatic N) is 5. The van der Waals surface area contributed by atoms with E-state index in [4.69, 9.17) is 9.84 Å². The fourth-order valence-electron chi connectivity index (χ4n) is 6.39. The average molecular weight is 569 g/mol. The summed E-state index contributed by atoms with van der Waals surface area (Å²) in [5.41, 5.74) is 0.411. The summed E-state index contributed by atoms with van der Waals surface area (Å²) in [4.78, 5) is 39.0. The van der Waals surface area contributed by atoms with Crippen LogP contribution in [0.25, 0.3) is 0 Å². The molecule has 5 rings (SSSR count). The van der Waals surface area contributed by atoms with Gasteiger partial charge in [-0.05, 0) is 89.6 Å². The highest BCUT2D eigenvalue weighted by Crippen LogP contribution is 2.45. The molecule has 2 amide bonds. The zero-order valence-electron chi connectivity index (χ0n) is 24.2. The minimum atomic E-state index is -0.922. The SMILES string of the molecule is CC(C)N(C)C(=O)c1cc(F)ccc1Oc1cncnc1N1CC2(CCN(C[C@H]3CC[C@H](NC(=O)O)CC3)CC2)C1. The first-order valence-corrected chi connectivity index (χ1v) is 14.6. The lowest BCUT2D eigenvalue weighted by Gasteiger charge is -2.54. The molecule has 2 aliphatic heterocycles. The summed E-state index contributed by atoms with van der Waals surface area (Å²) in [7, 11) is 1.69. The monoisotopic (exact) mass is 568 g/mol. The van der Waals surface area contributed by atoms with E-state index in [1.54, 1.807) is 18.1 Å². The van der Waals surface area contributed by atoms with Crippen molar-refractivity contribution in [3.63, 3.8) is 0 Å². The summed E-state index contributed by atoms with van der Waals surface area (Å²) >= 11 is 0. The maximum atomic E-state index is 14.1. The number of piperidine rings is 1. The van der Waals surface area contributed by atoms with Crippen LogP contribution in [-0.2, 0) is 0 Å². The molecule has 1 spiro atoms. The smallest absolute Gasteiger partial charge is 0.404 e. The van der Waals surface area contributed by atoms with Crippen molar-refractivity contribution in [2.24, 2.45) is 11.3 Å². The first-order valence-electron chi connectivity index (χ1n) is 14.6. The van der Waals surface area contributed by atoms with E-state index in [9.17, 15) is 14.0 Å². The zero-order valence-corrected chi connectivity index (χ0v) is 24.2.